The summed E-state index contributed by atoms with van der Waals surface area (Å²) < 4.78 is 1.11. The van der Waals surface area contributed by atoms with Crippen molar-refractivity contribution in [2.75, 3.05) is 32.1 Å². The Hall–Kier alpha value is -0.580. The second-order valence-electron chi connectivity index (χ2n) is 5.91. The molecule has 0 amide bonds. The van der Waals surface area contributed by atoms with Crippen LogP contribution in [0.3, 0.4) is 0 Å². The maximum atomic E-state index is 5.95. The fraction of sp³-hybridized carbons (Fsp3) is 0.600. The van der Waals surface area contributed by atoms with E-state index in [2.05, 4.69) is 64.9 Å². The van der Waals surface area contributed by atoms with Gasteiger partial charge in [0.15, 0.2) is 0 Å². The van der Waals surface area contributed by atoms with E-state index in [4.69, 9.17) is 5.73 Å². The summed E-state index contributed by atoms with van der Waals surface area (Å²) in [7, 11) is 4.33. The number of anilines is 1. The number of hydrogen-bond acceptors (Lipinski definition) is 3. The third-order valence-electron chi connectivity index (χ3n) is 4.08. The minimum absolute atomic E-state index is 0.0652. The van der Waals surface area contributed by atoms with E-state index in [1.807, 2.05) is 6.92 Å². The number of nitrogens with zero attached hydrogens (tertiary/aromatic N) is 2. The van der Waals surface area contributed by atoms with Crippen molar-refractivity contribution in [2.24, 2.45) is 11.7 Å². The van der Waals surface area contributed by atoms with Crippen LogP contribution in [0.1, 0.15) is 25.5 Å². The van der Waals surface area contributed by atoms with Gasteiger partial charge in [-0.1, -0.05) is 28.9 Å². The van der Waals surface area contributed by atoms with Gasteiger partial charge in [-0.25, -0.2) is 0 Å². The predicted molar refractivity (Wildman–Crippen MR) is 85.6 cm³/mol. The fourth-order valence-electron chi connectivity index (χ4n) is 2.91. The molecule has 1 aliphatic rings. The van der Waals surface area contributed by atoms with Crippen LogP contribution in [-0.4, -0.2) is 38.1 Å². The standard InChI is InChI=1S/C15H24BrN3/c1-10-8-19(9-15(10)18(3)4)12-5-6-13(11(2)17)14(16)7-12/h5-7,10-11,15H,8-9,17H2,1-4H3/t10?,11-,15?/m0/s1. The second-order valence-corrected chi connectivity index (χ2v) is 6.76. The average Bonchev–Trinajstić information content (AvgIpc) is 2.70. The predicted octanol–water partition coefficient (Wildman–Crippen LogP) is 2.86. The topological polar surface area (TPSA) is 32.5 Å². The van der Waals surface area contributed by atoms with Crippen molar-refractivity contribution in [1.82, 2.24) is 4.90 Å². The van der Waals surface area contributed by atoms with Crippen LogP contribution in [0.25, 0.3) is 0 Å². The zero-order valence-electron chi connectivity index (χ0n) is 12.2. The van der Waals surface area contributed by atoms with Crippen LogP contribution in [0, 0.1) is 5.92 Å². The lowest BCUT2D eigenvalue weighted by atomic mass is 10.1. The van der Waals surface area contributed by atoms with E-state index in [1.54, 1.807) is 0 Å². The molecular formula is C15H24BrN3. The highest BCUT2D eigenvalue weighted by atomic mass is 79.9. The molecule has 1 fully saturated rings. The summed E-state index contributed by atoms with van der Waals surface area (Å²) in [6, 6.07) is 7.22. The third-order valence-corrected chi connectivity index (χ3v) is 4.76. The molecule has 106 valence electrons. The first kappa shape index (κ1) is 14.8. The smallest absolute Gasteiger partial charge is 0.0378 e. The maximum Gasteiger partial charge on any atom is 0.0378 e. The van der Waals surface area contributed by atoms with Gasteiger partial charge in [-0.3, -0.25) is 0 Å². The number of halogens is 1. The van der Waals surface area contributed by atoms with E-state index in [0.717, 1.165) is 17.6 Å². The number of hydrogen-bond donors (Lipinski definition) is 1. The van der Waals surface area contributed by atoms with E-state index in [-0.39, 0.29) is 6.04 Å². The Balaban J connectivity index is 2.18. The Kier molecular flexibility index (Phi) is 4.54. The van der Waals surface area contributed by atoms with Crippen LogP contribution in [0.5, 0.6) is 0 Å². The molecule has 0 bridgehead atoms. The Morgan fingerprint density at radius 2 is 2.05 bits per heavy atom. The quantitative estimate of drug-likeness (QED) is 0.927. The molecule has 1 aromatic carbocycles. The molecule has 2 rings (SSSR count). The molecule has 3 atom stereocenters. The maximum absolute atomic E-state index is 5.95. The van der Waals surface area contributed by atoms with Crippen molar-refractivity contribution >= 4 is 21.6 Å². The van der Waals surface area contributed by atoms with Gasteiger partial charge in [-0.15, -0.1) is 0 Å². The zero-order valence-corrected chi connectivity index (χ0v) is 13.8. The fourth-order valence-corrected chi connectivity index (χ4v) is 3.64. The van der Waals surface area contributed by atoms with Crippen molar-refractivity contribution in [3.8, 4) is 0 Å². The van der Waals surface area contributed by atoms with E-state index < -0.39 is 0 Å². The first-order valence-electron chi connectivity index (χ1n) is 6.86. The monoisotopic (exact) mass is 325 g/mol. The zero-order chi connectivity index (χ0) is 14.2. The summed E-state index contributed by atoms with van der Waals surface area (Å²) in [5.74, 6) is 0.696. The van der Waals surface area contributed by atoms with E-state index in [0.29, 0.717) is 12.0 Å². The van der Waals surface area contributed by atoms with Crippen LogP contribution >= 0.6 is 15.9 Å². The van der Waals surface area contributed by atoms with Crippen molar-refractivity contribution in [2.45, 2.75) is 25.9 Å². The summed E-state index contributed by atoms with van der Waals surface area (Å²) in [6.45, 7) is 6.56. The molecule has 4 heteroatoms. The molecule has 0 aliphatic carbocycles. The Labute approximate surface area is 124 Å². The Bertz CT molecular complexity index is 445. The minimum atomic E-state index is 0.0652. The summed E-state index contributed by atoms with van der Waals surface area (Å²) in [5, 5.41) is 0. The first-order valence-corrected chi connectivity index (χ1v) is 7.66. The highest BCUT2D eigenvalue weighted by molar-refractivity contribution is 9.10. The summed E-state index contributed by atoms with van der Waals surface area (Å²) in [4.78, 5) is 4.79. The molecular weight excluding hydrogens is 302 g/mol. The molecule has 3 nitrogen and oxygen atoms in total. The highest BCUT2D eigenvalue weighted by Crippen LogP contribution is 2.31. The SMILES string of the molecule is CC1CN(c2ccc([C@H](C)N)c(Br)c2)CC1N(C)C. The molecule has 1 saturated heterocycles. The molecule has 0 spiro atoms. The second kappa shape index (κ2) is 5.81. The van der Waals surface area contributed by atoms with Crippen molar-refractivity contribution in [3.05, 3.63) is 28.2 Å². The van der Waals surface area contributed by atoms with Crippen LogP contribution in [0.2, 0.25) is 0 Å². The van der Waals surface area contributed by atoms with Gasteiger partial charge in [0.25, 0.3) is 0 Å². The molecule has 1 heterocycles. The average molecular weight is 326 g/mol. The highest BCUT2D eigenvalue weighted by Gasteiger charge is 2.31. The Morgan fingerprint density at radius 3 is 2.53 bits per heavy atom. The number of benzene rings is 1. The molecule has 0 radical (unpaired) electrons. The van der Waals surface area contributed by atoms with Gasteiger partial charge in [0.1, 0.15) is 0 Å². The molecule has 2 unspecified atom stereocenters. The van der Waals surface area contributed by atoms with Crippen molar-refractivity contribution in [3.63, 3.8) is 0 Å². The number of rotatable bonds is 3. The molecule has 1 aliphatic heterocycles. The van der Waals surface area contributed by atoms with E-state index in [9.17, 15) is 0 Å². The third kappa shape index (κ3) is 3.12. The van der Waals surface area contributed by atoms with Crippen LogP contribution in [0.15, 0.2) is 22.7 Å². The Morgan fingerprint density at radius 1 is 1.37 bits per heavy atom. The van der Waals surface area contributed by atoms with E-state index >= 15 is 0 Å². The van der Waals surface area contributed by atoms with Gasteiger partial charge in [0.05, 0.1) is 0 Å². The first-order chi connectivity index (χ1) is 8.90. The van der Waals surface area contributed by atoms with Gasteiger partial charge < -0.3 is 15.5 Å². The summed E-state index contributed by atoms with van der Waals surface area (Å²) in [5.41, 5.74) is 8.40. The number of nitrogens with two attached hydrogens (primary N) is 1. The molecule has 0 aromatic heterocycles. The molecule has 1 aromatic rings. The number of likely N-dealkylation sites (N-methyl/N-ethyl adjacent to an activating group) is 1. The lowest BCUT2D eigenvalue weighted by molar-refractivity contribution is 0.266. The lowest BCUT2D eigenvalue weighted by Gasteiger charge is -2.23. The lowest BCUT2D eigenvalue weighted by Crippen LogP contribution is -2.34. The van der Waals surface area contributed by atoms with Gasteiger partial charge >= 0.3 is 0 Å². The van der Waals surface area contributed by atoms with E-state index in [1.165, 1.54) is 11.3 Å². The summed E-state index contributed by atoms with van der Waals surface area (Å²) >= 11 is 3.64. The van der Waals surface area contributed by atoms with Gasteiger partial charge in [-0.05, 0) is 44.6 Å². The van der Waals surface area contributed by atoms with Crippen LogP contribution in [-0.2, 0) is 0 Å². The minimum Gasteiger partial charge on any atom is -0.370 e. The normalized spacial score (nSPS) is 25.1. The van der Waals surface area contributed by atoms with Gasteiger partial charge in [-0.2, -0.15) is 0 Å². The molecule has 0 saturated carbocycles. The molecule has 19 heavy (non-hydrogen) atoms. The van der Waals surface area contributed by atoms with Gasteiger partial charge in [0, 0.05) is 35.3 Å². The van der Waals surface area contributed by atoms with Crippen LogP contribution in [0.4, 0.5) is 5.69 Å². The van der Waals surface area contributed by atoms with Gasteiger partial charge in [0.2, 0.25) is 0 Å². The van der Waals surface area contributed by atoms with Crippen LogP contribution < -0.4 is 10.6 Å². The largest absolute Gasteiger partial charge is 0.370 e. The van der Waals surface area contributed by atoms with Crippen molar-refractivity contribution in [1.29, 1.82) is 0 Å². The van der Waals surface area contributed by atoms with Crippen molar-refractivity contribution < 1.29 is 0 Å². The summed E-state index contributed by atoms with van der Waals surface area (Å²) in [6.07, 6.45) is 0. The molecule has 2 N–H and O–H groups in total.